The van der Waals surface area contributed by atoms with Crippen LogP contribution in [0.4, 0.5) is 25.1 Å². The Kier molecular flexibility index (Phi) is 12.7. The summed E-state index contributed by atoms with van der Waals surface area (Å²) in [5.41, 5.74) is 1.56. The minimum atomic E-state index is -3.43. The molecule has 274 valence electrons. The van der Waals surface area contributed by atoms with E-state index in [0.717, 1.165) is 48.8 Å². The number of morpholine rings is 1. The van der Waals surface area contributed by atoms with Crippen LogP contribution in [0.1, 0.15) is 69.5 Å². The largest absolute Gasteiger partial charge is 0.476 e. The molecule has 1 aromatic heterocycles. The van der Waals surface area contributed by atoms with Gasteiger partial charge in [0.25, 0.3) is 16.0 Å². The van der Waals surface area contributed by atoms with Gasteiger partial charge in [0.05, 0.1) is 38.2 Å². The maximum absolute atomic E-state index is 15.7. The van der Waals surface area contributed by atoms with E-state index in [9.17, 15) is 18.3 Å². The standard InChI is InChI=1S/C35H47F2N5O7S/c1-3-50(45,46)49-20-7-5-4-6-19-48-33-30-12-11-29(41-17-21-47-22-18-41)24-31(30)32(39-40-33)38-25(2)26-9-8-10-28(23-26)35(36,37)27-13-15-42(16-14-27)34(43)44/h8-12,23-25,27H,3-7,13-22H2,1-2H3,(H,38,39)(H,43,44)/t25-/m1/s1. The van der Waals surface area contributed by atoms with E-state index in [1.807, 2.05) is 25.1 Å². The van der Waals surface area contributed by atoms with Gasteiger partial charge in [-0.15, -0.1) is 10.2 Å². The van der Waals surface area contributed by atoms with Gasteiger partial charge in [-0.2, -0.15) is 8.42 Å². The van der Waals surface area contributed by atoms with Gasteiger partial charge in [-0.1, -0.05) is 24.6 Å². The quantitative estimate of drug-likeness (QED) is 0.125. The van der Waals surface area contributed by atoms with Gasteiger partial charge in [0.15, 0.2) is 5.82 Å². The molecule has 0 aliphatic carbocycles. The Morgan fingerprint density at radius 3 is 2.44 bits per heavy atom. The molecule has 0 saturated carbocycles. The van der Waals surface area contributed by atoms with E-state index in [1.165, 1.54) is 17.0 Å². The number of carboxylic acid groups (broad SMARTS) is 1. The Labute approximate surface area is 292 Å². The molecule has 1 amide bonds. The first-order valence-electron chi connectivity index (χ1n) is 17.3. The summed E-state index contributed by atoms with van der Waals surface area (Å²) in [5, 5.41) is 23.1. The number of hydrogen-bond acceptors (Lipinski definition) is 10. The van der Waals surface area contributed by atoms with Crippen molar-refractivity contribution in [1.82, 2.24) is 15.1 Å². The number of fused-ring (bicyclic) bond motifs is 1. The molecule has 0 bridgehead atoms. The molecule has 3 heterocycles. The van der Waals surface area contributed by atoms with Crippen molar-refractivity contribution in [2.45, 2.75) is 64.3 Å². The van der Waals surface area contributed by atoms with Crippen molar-refractivity contribution in [2.75, 3.05) is 68.6 Å². The topological polar surface area (TPSA) is 143 Å². The first kappa shape index (κ1) is 37.4. The number of carbonyl (C=O) groups is 1. The van der Waals surface area contributed by atoms with Crippen LogP contribution in [0, 0.1) is 5.92 Å². The van der Waals surface area contributed by atoms with Crippen molar-refractivity contribution in [3.8, 4) is 5.88 Å². The number of benzene rings is 2. The molecule has 2 N–H and O–H groups in total. The fraction of sp³-hybridized carbons (Fsp3) is 0.571. The van der Waals surface area contributed by atoms with Crippen LogP contribution in [0.2, 0.25) is 0 Å². The summed E-state index contributed by atoms with van der Waals surface area (Å²) in [6, 6.07) is 12.0. The molecular formula is C35H47F2N5O7S. The Hall–Kier alpha value is -3.82. The number of hydrogen-bond donors (Lipinski definition) is 2. The average molecular weight is 720 g/mol. The molecule has 3 aromatic rings. The fourth-order valence-corrected chi connectivity index (χ4v) is 6.86. The highest BCUT2D eigenvalue weighted by atomic mass is 32.2. The average Bonchev–Trinajstić information content (AvgIpc) is 3.13. The number of piperidine rings is 1. The number of anilines is 2. The second-order valence-electron chi connectivity index (χ2n) is 12.8. The number of amides is 1. The summed E-state index contributed by atoms with van der Waals surface area (Å²) in [7, 11) is -3.43. The molecule has 2 aromatic carbocycles. The highest BCUT2D eigenvalue weighted by Crippen LogP contribution is 2.42. The van der Waals surface area contributed by atoms with Crippen LogP contribution in [0.3, 0.4) is 0 Å². The zero-order valence-corrected chi connectivity index (χ0v) is 29.5. The third-order valence-electron chi connectivity index (χ3n) is 9.40. The van der Waals surface area contributed by atoms with E-state index in [4.69, 9.17) is 13.7 Å². The van der Waals surface area contributed by atoms with E-state index in [0.29, 0.717) is 43.5 Å². The fourth-order valence-electron chi connectivity index (χ4n) is 6.32. The molecule has 2 aliphatic rings. The maximum Gasteiger partial charge on any atom is 0.407 e. The minimum absolute atomic E-state index is 0.0403. The summed E-state index contributed by atoms with van der Waals surface area (Å²) in [4.78, 5) is 14.7. The number of ether oxygens (including phenoxy) is 2. The van der Waals surface area contributed by atoms with Crippen LogP contribution in [0.5, 0.6) is 5.88 Å². The lowest BCUT2D eigenvalue weighted by molar-refractivity contribution is -0.0836. The second-order valence-corrected chi connectivity index (χ2v) is 14.7. The third kappa shape index (κ3) is 9.49. The zero-order chi connectivity index (χ0) is 35.7. The second kappa shape index (κ2) is 16.9. The highest BCUT2D eigenvalue weighted by molar-refractivity contribution is 7.86. The molecule has 2 aliphatic heterocycles. The summed E-state index contributed by atoms with van der Waals surface area (Å²) in [5.74, 6) is -3.21. The van der Waals surface area contributed by atoms with Gasteiger partial charge in [0, 0.05) is 54.1 Å². The van der Waals surface area contributed by atoms with Gasteiger partial charge >= 0.3 is 6.09 Å². The first-order chi connectivity index (χ1) is 24.0. The van der Waals surface area contributed by atoms with Crippen LogP contribution >= 0.6 is 0 Å². The Balaban J connectivity index is 1.29. The molecule has 0 spiro atoms. The lowest BCUT2D eigenvalue weighted by Crippen LogP contribution is -2.41. The Bertz CT molecular complexity index is 1700. The number of aromatic nitrogens is 2. The van der Waals surface area contributed by atoms with Gasteiger partial charge in [-0.25, -0.2) is 13.6 Å². The van der Waals surface area contributed by atoms with Crippen LogP contribution in [-0.2, 0) is 25.0 Å². The number of nitrogens with one attached hydrogen (secondary N) is 1. The third-order valence-corrected chi connectivity index (χ3v) is 10.6. The van der Waals surface area contributed by atoms with Gasteiger partial charge in [-0.05, 0) is 75.8 Å². The van der Waals surface area contributed by atoms with Crippen molar-refractivity contribution in [3.63, 3.8) is 0 Å². The molecule has 2 fully saturated rings. The molecule has 15 heteroatoms. The van der Waals surface area contributed by atoms with E-state index in [2.05, 4.69) is 20.4 Å². The molecule has 5 rings (SSSR count). The molecular weight excluding hydrogens is 672 g/mol. The van der Waals surface area contributed by atoms with Crippen molar-refractivity contribution < 1.29 is 40.8 Å². The van der Waals surface area contributed by atoms with Crippen LogP contribution in [0.15, 0.2) is 42.5 Å². The van der Waals surface area contributed by atoms with E-state index >= 15 is 8.78 Å². The van der Waals surface area contributed by atoms with Gasteiger partial charge in [0.1, 0.15) is 0 Å². The lowest BCUT2D eigenvalue weighted by atomic mass is 9.85. The van der Waals surface area contributed by atoms with Gasteiger partial charge in [-0.3, -0.25) is 4.18 Å². The van der Waals surface area contributed by atoms with Gasteiger partial charge in [0.2, 0.25) is 5.88 Å². The normalized spacial score (nSPS) is 16.8. The van der Waals surface area contributed by atoms with Crippen LogP contribution < -0.4 is 15.0 Å². The maximum atomic E-state index is 15.7. The lowest BCUT2D eigenvalue weighted by Gasteiger charge is -2.35. The van der Waals surface area contributed by atoms with Crippen LogP contribution in [-0.4, -0.2) is 93.1 Å². The molecule has 0 radical (unpaired) electrons. The smallest absolute Gasteiger partial charge is 0.407 e. The number of rotatable bonds is 16. The number of halogens is 2. The zero-order valence-electron chi connectivity index (χ0n) is 28.7. The summed E-state index contributed by atoms with van der Waals surface area (Å²) < 4.78 is 70.9. The summed E-state index contributed by atoms with van der Waals surface area (Å²) in [6.07, 6.45) is 2.12. The number of unbranched alkanes of at least 4 members (excludes halogenated alkanes) is 3. The van der Waals surface area contributed by atoms with E-state index in [1.54, 1.807) is 19.1 Å². The number of likely N-dealkylation sites (tertiary alicyclic amines) is 1. The van der Waals surface area contributed by atoms with Crippen molar-refractivity contribution in [3.05, 3.63) is 53.6 Å². The minimum Gasteiger partial charge on any atom is -0.476 e. The predicted octanol–water partition coefficient (Wildman–Crippen LogP) is 6.43. The monoisotopic (exact) mass is 719 g/mol. The molecule has 2 saturated heterocycles. The summed E-state index contributed by atoms with van der Waals surface area (Å²) >= 11 is 0. The van der Waals surface area contributed by atoms with Gasteiger partial charge < -0.3 is 29.7 Å². The van der Waals surface area contributed by atoms with Crippen molar-refractivity contribution in [1.29, 1.82) is 0 Å². The van der Waals surface area contributed by atoms with Crippen molar-refractivity contribution >= 4 is 38.5 Å². The molecule has 12 nitrogen and oxygen atoms in total. The molecule has 50 heavy (non-hydrogen) atoms. The Morgan fingerprint density at radius 1 is 1.02 bits per heavy atom. The number of alkyl halides is 2. The Morgan fingerprint density at radius 2 is 1.74 bits per heavy atom. The molecule has 0 unspecified atom stereocenters. The molecule has 1 atom stereocenters. The summed E-state index contributed by atoms with van der Waals surface area (Å²) in [6.45, 7) is 6.95. The van der Waals surface area contributed by atoms with E-state index < -0.39 is 34.1 Å². The SMILES string of the molecule is CCS(=O)(=O)OCCCCCCOc1nnc(N[C@H](C)c2cccc(C(F)(F)C3CCN(C(=O)O)CC3)c2)c2cc(N3CCOCC3)ccc12. The van der Waals surface area contributed by atoms with E-state index in [-0.39, 0.29) is 43.9 Å². The number of nitrogens with zero attached hydrogens (tertiary/aromatic N) is 4. The predicted molar refractivity (Wildman–Crippen MR) is 187 cm³/mol. The van der Waals surface area contributed by atoms with Crippen molar-refractivity contribution in [2.24, 2.45) is 5.92 Å². The first-order valence-corrected chi connectivity index (χ1v) is 18.9. The van der Waals surface area contributed by atoms with Crippen LogP contribution in [0.25, 0.3) is 10.8 Å². The highest BCUT2D eigenvalue weighted by Gasteiger charge is 2.43.